The SMILES string of the molecule is COc1ccc(CNCCN2CCOCC2)c2cc(C(=O)NC(C)c3ccccc3)oc12. The van der Waals surface area contributed by atoms with Gasteiger partial charge < -0.3 is 24.5 Å². The summed E-state index contributed by atoms with van der Waals surface area (Å²) in [5.74, 6) is 0.653. The van der Waals surface area contributed by atoms with Gasteiger partial charge in [0.05, 0.1) is 26.4 Å². The minimum atomic E-state index is -0.245. The zero-order chi connectivity index (χ0) is 22.3. The third-order valence-electron chi connectivity index (χ3n) is 5.85. The molecule has 7 heteroatoms. The molecule has 170 valence electrons. The lowest BCUT2D eigenvalue weighted by atomic mass is 10.1. The largest absolute Gasteiger partial charge is 0.493 e. The van der Waals surface area contributed by atoms with Gasteiger partial charge in [-0.05, 0) is 30.2 Å². The van der Waals surface area contributed by atoms with Crippen LogP contribution in [0.5, 0.6) is 5.75 Å². The number of ether oxygens (including phenoxy) is 2. The van der Waals surface area contributed by atoms with Crippen molar-refractivity contribution < 1.29 is 18.7 Å². The van der Waals surface area contributed by atoms with Crippen molar-refractivity contribution in [3.63, 3.8) is 0 Å². The number of carbonyl (C=O) groups excluding carboxylic acids is 1. The van der Waals surface area contributed by atoms with E-state index in [1.165, 1.54) is 0 Å². The Bertz CT molecular complexity index is 1030. The van der Waals surface area contributed by atoms with Crippen LogP contribution in [0.2, 0.25) is 0 Å². The molecule has 2 N–H and O–H groups in total. The van der Waals surface area contributed by atoms with E-state index >= 15 is 0 Å². The number of rotatable bonds is 9. The average molecular weight is 438 g/mol. The first-order valence-electron chi connectivity index (χ1n) is 11.1. The number of nitrogens with one attached hydrogen (secondary N) is 2. The number of fused-ring (bicyclic) bond motifs is 1. The molecule has 7 nitrogen and oxygen atoms in total. The molecule has 2 aromatic carbocycles. The molecule has 1 aliphatic heterocycles. The second kappa shape index (κ2) is 10.6. The number of hydrogen-bond donors (Lipinski definition) is 2. The van der Waals surface area contributed by atoms with E-state index in [9.17, 15) is 4.79 Å². The van der Waals surface area contributed by atoms with E-state index in [2.05, 4.69) is 15.5 Å². The number of amides is 1. The van der Waals surface area contributed by atoms with Crippen LogP contribution in [0.1, 0.15) is 34.6 Å². The summed E-state index contributed by atoms with van der Waals surface area (Å²) in [6.45, 7) is 8.09. The number of hydrogen-bond acceptors (Lipinski definition) is 6. The van der Waals surface area contributed by atoms with E-state index in [-0.39, 0.29) is 17.7 Å². The summed E-state index contributed by atoms with van der Waals surface area (Å²) < 4.78 is 16.8. The van der Waals surface area contributed by atoms with Gasteiger partial charge >= 0.3 is 0 Å². The van der Waals surface area contributed by atoms with Crippen molar-refractivity contribution in [1.29, 1.82) is 0 Å². The van der Waals surface area contributed by atoms with Crippen LogP contribution < -0.4 is 15.4 Å². The molecule has 1 fully saturated rings. The van der Waals surface area contributed by atoms with Crippen molar-refractivity contribution in [1.82, 2.24) is 15.5 Å². The fraction of sp³-hybridized carbons (Fsp3) is 0.400. The quantitative estimate of drug-likeness (QED) is 0.500. The normalized spacial score (nSPS) is 15.6. The molecular formula is C25H31N3O4. The van der Waals surface area contributed by atoms with Crippen LogP contribution in [-0.2, 0) is 11.3 Å². The highest BCUT2D eigenvalue weighted by Crippen LogP contribution is 2.32. The summed E-state index contributed by atoms with van der Waals surface area (Å²) in [4.78, 5) is 15.3. The second-order valence-corrected chi connectivity index (χ2v) is 8.02. The highest BCUT2D eigenvalue weighted by molar-refractivity contribution is 5.98. The second-order valence-electron chi connectivity index (χ2n) is 8.02. The van der Waals surface area contributed by atoms with Crippen molar-refractivity contribution in [2.24, 2.45) is 0 Å². The molecule has 0 spiro atoms. The van der Waals surface area contributed by atoms with Crippen molar-refractivity contribution >= 4 is 16.9 Å². The Morgan fingerprint density at radius 3 is 2.69 bits per heavy atom. The summed E-state index contributed by atoms with van der Waals surface area (Å²) >= 11 is 0. The van der Waals surface area contributed by atoms with Crippen molar-refractivity contribution in [2.75, 3.05) is 46.5 Å². The minimum absolute atomic E-state index is 0.125. The first-order chi connectivity index (χ1) is 15.7. The monoisotopic (exact) mass is 437 g/mol. The molecule has 32 heavy (non-hydrogen) atoms. The summed E-state index contributed by atoms with van der Waals surface area (Å²) in [6.07, 6.45) is 0. The maximum atomic E-state index is 12.9. The first kappa shape index (κ1) is 22.3. The lowest BCUT2D eigenvalue weighted by Crippen LogP contribution is -2.40. The molecule has 1 amide bonds. The molecule has 2 heterocycles. The maximum Gasteiger partial charge on any atom is 0.287 e. The predicted octanol–water partition coefficient (Wildman–Crippen LogP) is 3.35. The Morgan fingerprint density at radius 2 is 1.94 bits per heavy atom. The zero-order valence-electron chi connectivity index (χ0n) is 18.7. The predicted molar refractivity (Wildman–Crippen MR) is 124 cm³/mol. The van der Waals surface area contributed by atoms with Gasteiger partial charge in [-0.1, -0.05) is 36.4 Å². The van der Waals surface area contributed by atoms with Gasteiger partial charge in [0.1, 0.15) is 0 Å². The Balaban J connectivity index is 1.44. The molecule has 1 atom stereocenters. The van der Waals surface area contributed by atoms with Gasteiger partial charge in [-0.15, -0.1) is 0 Å². The standard InChI is InChI=1S/C25H31N3O4/c1-18(19-6-4-3-5-7-19)27-25(29)23-16-21-20(8-9-22(30-2)24(21)32-23)17-26-10-11-28-12-14-31-15-13-28/h3-9,16,18,26H,10-15,17H2,1-2H3,(H,27,29). The number of nitrogens with zero attached hydrogens (tertiary/aromatic N) is 1. The minimum Gasteiger partial charge on any atom is -0.493 e. The zero-order valence-corrected chi connectivity index (χ0v) is 18.7. The van der Waals surface area contributed by atoms with Gasteiger partial charge in [0.25, 0.3) is 5.91 Å². The van der Waals surface area contributed by atoms with E-state index < -0.39 is 0 Å². The number of carbonyl (C=O) groups is 1. The molecule has 0 radical (unpaired) electrons. The highest BCUT2D eigenvalue weighted by Gasteiger charge is 2.19. The topological polar surface area (TPSA) is 76.0 Å². The Kier molecular flexibility index (Phi) is 7.42. The van der Waals surface area contributed by atoms with E-state index in [1.54, 1.807) is 7.11 Å². The fourth-order valence-electron chi connectivity index (χ4n) is 3.96. The van der Waals surface area contributed by atoms with Crippen LogP contribution in [-0.4, -0.2) is 57.3 Å². The van der Waals surface area contributed by atoms with Gasteiger partial charge in [-0.3, -0.25) is 9.69 Å². The maximum absolute atomic E-state index is 12.9. The van der Waals surface area contributed by atoms with Crippen LogP contribution in [0, 0.1) is 0 Å². The van der Waals surface area contributed by atoms with Crippen molar-refractivity contribution in [3.8, 4) is 5.75 Å². The number of morpholine rings is 1. The third kappa shape index (κ3) is 5.30. The van der Waals surface area contributed by atoms with Gasteiger partial charge in [-0.25, -0.2) is 0 Å². The summed E-state index contributed by atoms with van der Waals surface area (Å²) in [5, 5.41) is 7.41. The fourth-order valence-corrected chi connectivity index (χ4v) is 3.96. The third-order valence-corrected chi connectivity index (χ3v) is 5.85. The summed E-state index contributed by atoms with van der Waals surface area (Å²) in [6, 6.07) is 15.5. The smallest absolute Gasteiger partial charge is 0.287 e. The molecule has 0 saturated carbocycles. The van der Waals surface area contributed by atoms with E-state index in [0.717, 1.165) is 55.9 Å². The van der Waals surface area contributed by atoms with Crippen LogP contribution >= 0.6 is 0 Å². The van der Waals surface area contributed by atoms with Gasteiger partial charge in [0.2, 0.25) is 0 Å². The lowest BCUT2D eigenvalue weighted by molar-refractivity contribution is 0.0384. The number of methoxy groups -OCH3 is 1. The first-order valence-corrected chi connectivity index (χ1v) is 11.1. The molecule has 3 aromatic rings. The Morgan fingerprint density at radius 1 is 1.16 bits per heavy atom. The molecule has 1 aromatic heterocycles. The Hall–Kier alpha value is -2.87. The van der Waals surface area contributed by atoms with E-state index in [1.807, 2.05) is 55.5 Å². The van der Waals surface area contributed by atoms with E-state index in [0.29, 0.717) is 17.9 Å². The molecule has 1 unspecified atom stereocenters. The molecule has 4 rings (SSSR count). The van der Waals surface area contributed by atoms with Gasteiger partial charge in [0.15, 0.2) is 17.1 Å². The van der Waals surface area contributed by atoms with Crippen LogP contribution in [0.4, 0.5) is 0 Å². The highest BCUT2D eigenvalue weighted by atomic mass is 16.5. The molecule has 0 bridgehead atoms. The molecule has 0 aliphatic carbocycles. The van der Waals surface area contributed by atoms with Crippen LogP contribution in [0.3, 0.4) is 0 Å². The summed E-state index contributed by atoms with van der Waals surface area (Å²) in [5.41, 5.74) is 2.71. The molecule has 1 aliphatic rings. The number of furan rings is 1. The average Bonchev–Trinajstić information content (AvgIpc) is 3.29. The van der Waals surface area contributed by atoms with Crippen molar-refractivity contribution in [3.05, 3.63) is 65.4 Å². The lowest BCUT2D eigenvalue weighted by Gasteiger charge is -2.26. The van der Waals surface area contributed by atoms with Crippen LogP contribution in [0.15, 0.2) is 52.9 Å². The Labute approximate surface area is 188 Å². The number of benzene rings is 2. The van der Waals surface area contributed by atoms with E-state index in [4.69, 9.17) is 13.9 Å². The van der Waals surface area contributed by atoms with Crippen LogP contribution in [0.25, 0.3) is 11.0 Å². The summed E-state index contributed by atoms with van der Waals surface area (Å²) in [7, 11) is 1.61. The van der Waals surface area contributed by atoms with Gasteiger partial charge in [-0.2, -0.15) is 0 Å². The molecule has 1 saturated heterocycles. The van der Waals surface area contributed by atoms with Gasteiger partial charge in [0, 0.05) is 38.1 Å². The molecular weight excluding hydrogens is 406 g/mol. The van der Waals surface area contributed by atoms with Crippen molar-refractivity contribution in [2.45, 2.75) is 19.5 Å².